The molecule has 0 saturated heterocycles. The first-order chi connectivity index (χ1) is 5.91. The Bertz CT molecular complexity index is 52.9. The summed E-state index contributed by atoms with van der Waals surface area (Å²) in [4.78, 5) is 0. The predicted molar refractivity (Wildman–Crippen MR) is 51.0 cm³/mol. The van der Waals surface area contributed by atoms with Gasteiger partial charge in [-0.25, -0.2) is 0 Å². The Labute approximate surface area is 105 Å². The van der Waals surface area contributed by atoms with Crippen molar-refractivity contribution in [2.45, 2.75) is 51.9 Å². The van der Waals surface area contributed by atoms with Crippen molar-refractivity contribution in [3.05, 3.63) is 0 Å². The largest absolute Gasteiger partial charge is 1.00 e. The molecule has 1 N–H and O–H groups in total. The van der Waals surface area contributed by atoms with Crippen LogP contribution in [0.4, 0.5) is 0 Å². The Morgan fingerprint density at radius 2 is 1.23 bits per heavy atom. The van der Waals surface area contributed by atoms with Gasteiger partial charge in [-0.1, -0.05) is 45.4 Å². The molecule has 0 aromatic heterocycles. The van der Waals surface area contributed by atoms with Crippen molar-refractivity contribution in [1.82, 2.24) is 0 Å². The SMILES string of the molecule is CCCCCCCCCO.C[O-].[Na+]. The van der Waals surface area contributed by atoms with Crippen molar-refractivity contribution in [2.24, 2.45) is 0 Å². The number of hydrogen-bond donors (Lipinski definition) is 1. The van der Waals surface area contributed by atoms with Crippen LogP contribution in [0, 0.1) is 0 Å². The average Bonchev–Trinajstić information content (AvgIpc) is 2.15. The molecule has 0 aliphatic heterocycles. The number of hydrogen-bond acceptors (Lipinski definition) is 2. The maximum atomic E-state index is 8.47. The van der Waals surface area contributed by atoms with Crippen molar-refractivity contribution < 1.29 is 39.8 Å². The Hall–Kier alpha value is 0.920. The third-order valence-electron chi connectivity index (χ3n) is 1.76. The number of unbranched alkanes of at least 4 members (excludes halogenated alkanes) is 6. The van der Waals surface area contributed by atoms with Gasteiger partial charge in [-0.15, -0.1) is 0 Å². The Morgan fingerprint density at radius 3 is 1.62 bits per heavy atom. The van der Waals surface area contributed by atoms with E-state index >= 15 is 0 Å². The molecule has 0 bridgehead atoms. The van der Waals surface area contributed by atoms with E-state index in [1.54, 1.807) is 0 Å². The molecule has 0 aliphatic carbocycles. The molecule has 0 rings (SSSR count). The molecule has 0 heterocycles. The van der Waals surface area contributed by atoms with Gasteiger partial charge in [0.15, 0.2) is 0 Å². The van der Waals surface area contributed by atoms with Gasteiger partial charge in [-0.2, -0.15) is 7.11 Å². The Morgan fingerprint density at radius 1 is 0.846 bits per heavy atom. The van der Waals surface area contributed by atoms with E-state index in [2.05, 4.69) is 6.92 Å². The Balaban J connectivity index is -0.000000309. The van der Waals surface area contributed by atoms with Crippen molar-refractivity contribution in [3.8, 4) is 0 Å². The first kappa shape index (κ1) is 19.5. The number of aliphatic hydroxyl groups is 1. The summed E-state index contributed by atoms with van der Waals surface area (Å²) in [7, 11) is 0.750. The number of aliphatic hydroxyl groups excluding tert-OH is 1. The summed E-state index contributed by atoms with van der Waals surface area (Å²) in [5.41, 5.74) is 0. The van der Waals surface area contributed by atoms with Gasteiger partial charge in [0.25, 0.3) is 0 Å². The maximum Gasteiger partial charge on any atom is 1.00 e. The third-order valence-corrected chi connectivity index (χ3v) is 1.76. The minimum atomic E-state index is 0. The van der Waals surface area contributed by atoms with Gasteiger partial charge in [0.2, 0.25) is 0 Å². The van der Waals surface area contributed by atoms with Crippen LogP contribution in [-0.4, -0.2) is 18.8 Å². The molecule has 0 saturated carbocycles. The second-order valence-corrected chi connectivity index (χ2v) is 2.84. The monoisotopic (exact) mass is 198 g/mol. The standard InChI is InChI=1S/C9H20O.CH3O.Na/c1-2-3-4-5-6-7-8-9-10;1-2;/h10H,2-9H2,1H3;1H3;/q;-1;+1. The summed E-state index contributed by atoms with van der Waals surface area (Å²) in [5.74, 6) is 0. The maximum absolute atomic E-state index is 8.47. The fourth-order valence-corrected chi connectivity index (χ4v) is 1.07. The predicted octanol–water partition coefficient (Wildman–Crippen LogP) is -1.29. The van der Waals surface area contributed by atoms with Crippen LogP contribution < -0.4 is 34.7 Å². The normalized spacial score (nSPS) is 8.31. The second-order valence-electron chi connectivity index (χ2n) is 2.84. The smallest absolute Gasteiger partial charge is 0.857 e. The molecule has 0 aromatic rings. The van der Waals surface area contributed by atoms with E-state index in [-0.39, 0.29) is 29.6 Å². The summed E-state index contributed by atoms with van der Waals surface area (Å²) >= 11 is 0. The summed E-state index contributed by atoms with van der Waals surface area (Å²) < 4.78 is 0. The van der Waals surface area contributed by atoms with E-state index in [9.17, 15) is 0 Å². The minimum absolute atomic E-state index is 0. The summed E-state index contributed by atoms with van der Waals surface area (Å²) in [5, 5.41) is 16.7. The molecule has 2 nitrogen and oxygen atoms in total. The molecule has 0 radical (unpaired) electrons. The van der Waals surface area contributed by atoms with Gasteiger partial charge in [-0.3, -0.25) is 0 Å². The molecule has 0 spiro atoms. The van der Waals surface area contributed by atoms with Crippen LogP contribution in [0.1, 0.15) is 51.9 Å². The van der Waals surface area contributed by atoms with Crippen LogP contribution in [0.25, 0.3) is 0 Å². The molecule has 13 heavy (non-hydrogen) atoms. The van der Waals surface area contributed by atoms with Crippen LogP contribution in [0.15, 0.2) is 0 Å². The van der Waals surface area contributed by atoms with Gasteiger partial charge in [-0.05, 0) is 6.42 Å². The van der Waals surface area contributed by atoms with E-state index in [1.165, 1.54) is 38.5 Å². The number of rotatable bonds is 7. The molecular formula is C10H23NaO2. The fourth-order valence-electron chi connectivity index (χ4n) is 1.07. The zero-order valence-electron chi connectivity index (χ0n) is 9.51. The summed E-state index contributed by atoms with van der Waals surface area (Å²) in [6, 6.07) is 0. The second kappa shape index (κ2) is 23.1. The van der Waals surface area contributed by atoms with Crippen LogP contribution in [-0.2, 0) is 0 Å². The van der Waals surface area contributed by atoms with Crippen molar-refractivity contribution in [1.29, 1.82) is 0 Å². The zero-order valence-corrected chi connectivity index (χ0v) is 11.5. The fraction of sp³-hybridized carbons (Fsp3) is 1.00. The van der Waals surface area contributed by atoms with E-state index in [1.807, 2.05) is 0 Å². The van der Waals surface area contributed by atoms with Crippen LogP contribution >= 0.6 is 0 Å². The zero-order chi connectivity index (χ0) is 9.66. The quantitative estimate of drug-likeness (QED) is 0.408. The molecule has 0 fully saturated rings. The van der Waals surface area contributed by atoms with E-state index < -0.39 is 0 Å². The molecule has 0 amide bonds. The van der Waals surface area contributed by atoms with Gasteiger partial charge in [0.1, 0.15) is 0 Å². The molecule has 0 unspecified atom stereocenters. The summed E-state index contributed by atoms with van der Waals surface area (Å²) in [6.45, 7) is 2.60. The van der Waals surface area contributed by atoms with E-state index in [4.69, 9.17) is 10.2 Å². The molecule has 0 aromatic carbocycles. The molecule has 3 heteroatoms. The first-order valence-corrected chi connectivity index (χ1v) is 4.93. The third kappa shape index (κ3) is 24.6. The van der Waals surface area contributed by atoms with Crippen LogP contribution in [0.5, 0.6) is 0 Å². The van der Waals surface area contributed by atoms with Crippen molar-refractivity contribution in [2.75, 3.05) is 13.7 Å². The minimum Gasteiger partial charge on any atom is -0.857 e. The van der Waals surface area contributed by atoms with E-state index in [0.717, 1.165) is 13.5 Å². The molecule has 0 aliphatic rings. The molecule has 76 valence electrons. The van der Waals surface area contributed by atoms with Crippen molar-refractivity contribution >= 4 is 0 Å². The average molecular weight is 198 g/mol. The first-order valence-electron chi connectivity index (χ1n) is 4.93. The van der Waals surface area contributed by atoms with Gasteiger partial charge >= 0.3 is 29.6 Å². The van der Waals surface area contributed by atoms with Crippen LogP contribution in [0.2, 0.25) is 0 Å². The molecular weight excluding hydrogens is 175 g/mol. The topological polar surface area (TPSA) is 43.3 Å². The van der Waals surface area contributed by atoms with Crippen molar-refractivity contribution in [3.63, 3.8) is 0 Å². The molecule has 0 atom stereocenters. The summed E-state index contributed by atoms with van der Waals surface area (Å²) in [6.07, 6.45) is 8.93. The van der Waals surface area contributed by atoms with Crippen LogP contribution in [0.3, 0.4) is 0 Å². The van der Waals surface area contributed by atoms with E-state index in [0.29, 0.717) is 6.61 Å². The van der Waals surface area contributed by atoms with Gasteiger partial charge in [0.05, 0.1) is 0 Å². The Kier molecular flexibility index (Phi) is 34.6. The van der Waals surface area contributed by atoms with Gasteiger partial charge in [0, 0.05) is 6.61 Å². The van der Waals surface area contributed by atoms with Gasteiger partial charge < -0.3 is 10.2 Å².